The lowest BCUT2D eigenvalue weighted by Gasteiger charge is -2.35. The maximum Gasteiger partial charge on any atom is 0.392 e. The molecule has 0 fully saturated rings. The number of aliphatic carboxylic acids is 2. The Morgan fingerprint density at radius 1 is 0.643 bits per heavy atom. The first kappa shape index (κ1) is 25.3. The number of carbonyl (C=O) groups is 4. The zero-order valence-corrected chi connectivity index (χ0v) is 13.7. The van der Waals surface area contributed by atoms with Crippen LogP contribution in [0.1, 0.15) is 13.8 Å². The smallest absolute Gasteiger partial charge is 0.392 e. The van der Waals surface area contributed by atoms with E-state index in [9.17, 15) is 54.3 Å². The molecule has 162 valence electrons. The Labute approximate surface area is 149 Å². The first-order valence-corrected chi connectivity index (χ1v) is 6.83. The van der Waals surface area contributed by atoms with Gasteiger partial charge < -0.3 is 20.8 Å². The van der Waals surface area contributed by atoms with Gasteiger partial charge in [0.2, 0.25) is 0 Å². The van der Waals surface area contributed by atoms with Crippen LogP contribution in [0.3, 0.4) is 0 Å². The molecule has 16 heteroatoms. The van der Waals surface area contributed by atoms with Gasteiger partial charge in [-0.1, -0.05) is 0 Å². The van der Waals surface area contributed by atoms with Crippen molar-refractivity contribution >= 4 is 23.8 Å². The predicted molar refractivity (Wildman–Crippen MR) is 70.3 cm³/mol. The van der Waals surface area contributed by atoms with E-state index in [0.717, 1.165) is 0 Å². The normalized spacial score (nSPS) is 15.4. The number of carboxylic acid groups (broad SMARTS) is 2. The van der Waals surface area contributed by atoms with E-state index < -0.39 is 59.5 Å². The molecular formula is C12H12F8N2O6. The van der Waals surface area contributed by atoms with Crippen LogP contribution in [0.2, 0.25) is 0 Å². The number of halogens is 8. The quantitative estimate of drug-likeness (QED) is 0.397. The summed E-state index contributed by atoms with van der Waals surface area (Å²) in [7, 11) is 0. The fourth-order valence-electron chi connectivity index (χ4n) is 1.38. The van der Waals surface area contributed by atoms with Crippen molar-refractivity contribution in [3.8, 4) is 0 Å². The highest BCUT2D eigenvalue weighted by Crippen LogP contribution is 2.52. The number of carboxylic acids is 2. The second kappa shape index (κ2) is 7.75. The predicted octanol–water partition coefficient (Wildman–Crippen LogP) is 0.706. The summed E-state index contributed by atoms with van der Waals surface area (Å²) in [5.41, 5.74) is 0. The van der Waals surface area contributed by atoms with Gasteiger partial charge in [0.05, 0.1) is 0 Å². The Kier molecular flexibility index (Phi) is 7.00. The SMILES string of the molecule is C[C@H](NC(=O)C(F)(F)C(F)(F)C(F)(F)C(F)(F)C(=O)N[C@@H](C)C(=O)O)C(=O)O. The summed E-state index contributed by atoms with van der Waals surface area (Å²) in [5.74, 6) is -38.3. The number of nitrogens with one attached hydrogen (secondary N) is 2. The van der Waals surface area contributed by atoms with Crippen LogP contribution in [0.5, 0.6) is 0 Å². The Hall–Kier alpha value is -2.68. The van der Waals surface area contributed by atoms with E-state index in [2.05, 4.69) is 0 Å². The van der Waals surface area contributed by atoms with Crippen LogP contribution in [0.4, 0.5) is 35.1 Å². The highest BCUT2D eigenvalue weighted by molar-refractivity contribution is 5.91. The van der Waals surface area contributed by atoms with Gasteiger partial charge in [0, 0.05) is 0 Å². The Bertz CT molecular complexity index is 613. The number of hydrogen-bond acceptors (Lipinski definition) is 4. The van der Waals surface area contributed by atoms with Crippen molar-refractivity contribution in [1.82, 2.24) is 10.6 Å². The molecule has 0 aliphatic rings. The second-order valence-electron chi connectivity index (χ2n) is 5.36. The third kappa shape index (κ3) is 4.24. The summed E-state index contributed by atoms with van der Waals surface area (Å²) in [6.07, 6.45) is 0. The summed E-state index contributed by atoms with van der Waals surface area (Å²) in [6.45, 7) is 0.948. The van der Waals surface area contributed by atoms with Gasteiger partial charge in [-0.2, -0.15) is 35.1 Å². The standard InChI is InChI=1S/C12H12F8N2O6/c1-3(5(23)24)21-7(27)9(13,14)11(17,18)12(19,20)10(15,16)8(28)22-4(2)6(25)26/h3-4H,1-2H3,(H,21,27)(H,22,28)(H,23,24)(H,25,26)/t3-,4-/m0/s1. The van der Waals surface area contributed by atoms with Crippen LogP contribution in [-0.4, -0.2) is 69.7 Å². The van der Waals surface area contributed by atoms with Crippen molar-refractivity contribution in [2.75, 3.05) is 0 Å². The molecule has 0 aliphatic carbocycles. The Balaban J connectivity index is 5.93. The van der Waals surface area contributed by atoms with Crippen LogP contribution >= 0.6 is 0 Å². The average Bonchev–Trinajstić information content (AvgIpc) is 2.53. The molecule has 2 amide bonds. The summed E-state index contributed by atoms with van der Waals surface area (Å²) >= 11 is 0. The lowest BCUT2D eigenvalue weighted by Crippen LogP contribution is -2.70. The molecular weight excluding hydrogens is 420 g/mol. The molecule has 0 saturated heterocycles. The van der Waals surface area contributed by atoms with Gasteiger partial charge >= 0.3 is 35.6 Å². The number of hydrogen-bond donors (Lipinski definition) is 4. The van der Waals surface area contributed by atoms with Crippen LogP contribution in [0.25, 0.3) is 0 Å². The summed E-state index contributed by atoms with van der Waals surface area (Å²) in [5, 5.41) is 18.1. The largest absolute Gasteiger partial charge is 0.480 e. The van der Waals surface area contributed by atoms with E-state index in [1.165, 1.54) is 0 Å². The van der Waals surface area contributed by atoms with Crippen molar-refractivity contribution < 1.29 is 64.5 Å². The molecule has 8 nitrogen and oxygen atoms in total. The molecule has 28 heavy (non-hydrogen) atoms. The van der Waals surface area contributed by atoms with Crippen molar-refractivity contribution in [2.24, 2.45) is 0 Å². The van der Waals surface area contributed by atoms with E-state index in [0.29, 0.717) is 24.5 Å². The van der Waals surface area contributed by atoms with Crippen molar-refractivity contribution in [3.63, 3.8) is 0 Å². The Morgan fingerprint density at radius 2 is 0.857 bits per heavy atom. The molecule has 0 unspecified atom stereocenters. The molecule has 0 spiro atoms. The zero-order chi connectivity index (χ0) is 22.9. The maximum absolute atomic E-state index is 13.5. The van der Waals surface area contributed by atoms with Gasteiger partial charge in [-0.15, -0.1) is 0 Å². The Morgan fingerprint density at radius 3 is 1.04 bits per heavy atom. The minimum Gasteiger partial charge on any atom is -0.480 e. The van der Waals surface area contributed by atoms with Crippen LogP contribution < -0.4 is 10.6 Å². The highest BCUT2D eigenvalue weighted by Gasteiger charge is 2.84. The van der Waals surface area contributed by atoms with Crippen molar-refractivity contribution in [2.45, 2.75) is 49.6 Å². The van der Waals surface area contributed by atoms with Gasteiger partial charge in [-0.05, 0) is 13.8 Å². The average molecular weight is 432 g/mol. The summed E-state index contributed by atoms with van der Waals surface area (Å²) in [6, 6.07) is -4.58. The zero-order valence-electron chi connectivity index (χ0n) is 13.7. The molecule has 4 N–H and O–H groups in total. The van der Waals surface area contributed by atoms with Gasteiger partial charge in [0.15, 0.2) is 0 Å². The monoisotopic (exact) mass is 432 g/mol. The molecule has 0 radical (unpaired) electrons. The molecule has 2 atom stereocenters. The lowest BCUT2D eigenvalue weighted by atomic mass is 9.97. The van der Waals surface area contributed by atoms with Crippen molar-refractivity contribution in [3.05, 3.63) is 0 Å². The third-order valence-corrected chi connectivity index (χ3v) is 3.19. The third-order valence-electron chi connectivity index (χ3n) is 3.19. The first-order chi connectivity index (χ1) is 12.2. The van der Waals surface area contributed by atoms with E-state index in [1.54, 1.807) is 0 Å². The van der Waals surface area contributed by atoms with Crippen LogP contribution in [0.15, 0.2) is 0 Å². The van der Waals surface area contributed by atoms with Crippen LogP contribution in [-0.2, 0) is 19.2 Å². The lowest BCUT2D eigenvalue weighted by molar-refractivity contribution is -0.347. The second-order valence-corrected chi connectivity index (χ2v) is 5.36. The summed E-state index contributed by atoms with van der Waals surface area (Å²) < 4.78 is 108. The highest BCUT2D eigenvalue weighted by atomic mass is 19.4. The van der Waals surface area contributed by atoms with Crippen molar-refractivity contribution in [1.29, 1.82) is 0 Å². The minimum absolute atomic E-state index is 0.474. The first-order valence-electron chi connectivity index (χ1n) is 6.83. The fourth-order valence-corrected chi connectivity index (χ4v) is 1.38. The summed E-state index contributed by atoms with van der Waals surface area (Å²) in [4.78, 5) is 42.9. The van der Waals surface area contributed by atoms with E-state index in [-0.39, 0.29) is 0 Å². The van der Waals surface area contributed by atoms with Gasteiger partial charge in [0.1, 0.15) is 12.1 Å². The molecule has 0 aromatic heterocycles. The van der Waals surface area contributed by atoms with E-state index in [4.69, 9.17) is 10.2 Å². The van der Waals surface area contributed by atoms with Gasteiger partial charge in [0.25, 0.3) is 11.8 Å². The molecule has 0 aliphatic heterocycles. The molecule has 0 saturated carbocycles. The minimum atomic E-state index is -7.20. The fraction of sp³-hybridized carbons (Fsp3) is 0.667. The van der Waals surface area contributed by atoms with Gasteiger partial charge in [-0.3, -0.25) is 19.2 Å². The molecule has 0 aromatic carbocycles. The number of rotatable bonds is 9. The maximum atomic E-state index is 13.5. The van der Waals surface area contributed by atoms with Crippen LogP contribution in [0, 0.1) is 0 Å². The van der Waals surface area contributed by atoms with Gasteiger partial charge in [-0.25, -0.2) is 0 Å². The molecule has 0 rings (SSSR count). The van der Waals surface area contributed by atoms with E-state index >= 15 is 0 Å². The molecule has 0 bridgehead atoms. The number of carbonyl (C=O) groups excluding carboxylic acids is 2. The molecule has 0 heterocycles. The topological polar surface area (TPSA) is 133 Å². The number of amides is 2. The number of alkyl halides is 8. The molecule has 0 aromatic rings. The van der Waals surface area contributed by atoms with E-state index in [1.807, 2.05) is 0 Å².